The SMILES string of the molecule is CCCCCCCCCCCCCCCc1ccccc1N(CC)CC. The molecule has 1 aromatic rings. The Morgan fingerprint density at radius 1 is 0.577 bits per heavy atom. The molecular weight excluding hydrogens is 314 g/mol. The first-order valence-corrected chi connectivity index (χ1v) is 11.7. The van der Waals surface area contributed by atoms with Gasteiger partial charge in [-0.05, 0) is 38.3 Å². The second-order valence-electron chi connectivity index (χ2n) is 7.79. The normalized spacial score (nSPS) is 11.0. The van der Waals surface area contributed by atoms with Crippen LogP contribution in [0.15, 0.2) is 24.3 Å². The summed E-state index contributed by atoms with van der Waals surface area (Å²) in [6.07, 6.45) is 19.8. The Morgan fingerprint density at radius 2 is 1.04 bits per heavy atom. The minimum atomic E-state index is 1.10. The number of rotatable bonds is 17. The molecule has 150 valence electrons. The van der Waals surface area contributed by atoms with Gasteiger partial charge in [0, 0.05) is 18.8 Å². The molecule has 1 rings (SSSR count). The lowest BCUT2D eigenvalue weighted by Gasteiger charge is -2.24. The Labute approximate surface area is 164 Å². The Balaban J connectivity index is 2.03. The lowest BCUT2D eigenvalue weighted by molar-refractivity contribution is 0.539. The Kier molecular flexibility index (Phi) is 14.4. The van der Waals surface area contributed by atoms with E-state index in [0.717, 1.165) is 13.1 Å². The van der Waals surface area contributed by atoms with E-state index in [1.165, 1.54) is 95.6 Å². The fraction of sp³-hybridized carbons (Fsp3) is 0.760. The van der Waals surface area contributed by atoms with Crippen molar-refractivity contribution in [3.05, 3.63) is 29.8 Å². The van der Waals surface area contributed by atoms with Crippen molar-refractivity contribution >= 4 is 5.69 Å². The molecule has 1 heteroatoms. The van der Waals surface area contributed by atoms with Crippen LogP contribution in [0.5, 0.6) is 0 Å². The predicted octanol–water partition coefficient (Wildman–Crippen LogP) is 8.17. The lowest BCUT2D eigenvalue weighted by Crippen LogP contribution is -2.23. The number of para-hydroxylation sites is 1. The molecule has 1 nitrogen and oxygen atoms in total. The van der Waals surface area contributed by atoms with Gasteiger partial charge in [-0.2, -0.15) is 0 Å². The fourth-order valence-corrected chi connectivity index (χ4v) is 3.93. The van der Waals surface area contributed by atoms with Crippen LogP contribution in [0.4, 0.5) is 5.69 Å². The topological polar surface area (TPSA) is 3.24 Å². The van der Waals surface area contributed by atoms with E-state index >= 15 is 0 Å². The molecule has 0 unspecified atom stereocenters. The largest absolute Gasteiger partial charge is 0.372 e. The lowest BCUT2D eigenvalue weighted by atomic mass is 10.0. The minimum Gasteiger partial charge on any atom is -0.372 e. The third-order valence-electron chi connectivity index (χ3n) is 5.65. The Hall–Kier alpha value is -0.980. The standard InChI is InChI=1S/C25H45N/c1-4-7-8-9-10-11-12-13-14-15-16-17-18-21-24-22-19-20-23-25(24)26(5-2)6-3/h19-20,22-23H,4-18,21H2,1-3H3. The summed E-state index contributed by atoms with van der Waals surface area (Å²) in [6.45, 7) is 9.01. The Morgan fingerprint density at radius 3 is 1.54 bits per heavy atom. The van der Waals surface area contributed by atoms with Gasteiger partial charge in [0.1, 0.15) is 0 Å². The van der Waals surface area contributed by atoms with Crippen LogP contribution < -0.4 is 4.90 Å². The monoisotopic (exact) mass is 359 g/mol. The van der Waals surface area contributed by atoms with Crippen LogP contribution in [-0.2, 0) is 6.42 Å². The van der Waals surface area contributed by atoms with Crippen LogP contribution in [-0.4, -0.2) is 13.1 Å². The van der Waals surface area contributed by atoms with E-state index in [1.807, 2.05) is 0 Å². The van der Waals surface area contributed by atoms with Gasteiger partial charge in [-0.3, -0.25) is 0 Å². The molecule has 0 aromatic heterocycles. The quantitative estimate of drug-likeness (QED) is 0.253. The first kappa shape index (κ1) is 23.1. The van der Waals surface area contributed by atoms with Crippen molar-refractivity contribution in [2.75, 3.05) is 18.0 Å². The highest BCUT2D eigenvalue weighted by atomic mass is 15.1. The molecule has 0 fully saturated rings. The molecule has 0 radical (unpaired) electrons. The van der Waals surface area contributed by atoms with E-state index in [1.54, 1.807) is 5.56 Å². The van der Waals surface area contributed by atoms with Crippen LogP contribution in [0.25, 0.3) is 0 Å². The number of anilines is 1. The molecule has 26 heavy (non-hydrogen) atoms. The summed E-state index contributed by atoms with van der Waals surface area (Å²) in [5, 5.41) is 0. The molecule has 0 bridgehead atoms. The van der Waals surface area contributed by atoms with Crippen LogP contribution in [0.2, 0.25) is 0 Å². The van der Waals surface area contributed by atoms with E-state index in [2.05, 4.69) is 49.9 Å². The molecule has 0 atom stereocenters. The average molecular weight is 360 g/mol. The van der Waals surface area contributed by atoms with E-state index in [-0.39, 0.29) is 0 Å². The number of hydrogen-bond donors (Lipinski definition) is 0. The van der Waals surface area contributed by atoms with E-state index in [9.17, 15) is 0 Å². The molecule has 0 aliphatic heterocycles. The van der Waals surface area contributed by atoms with Crippen LogP contribution >= 0.6 is 0 Å². The van der Waals surface area contributed by atoms with Crippen molar-refractivity contribution in [3.63, 3.8) is 0 Å². The van der Waals surface area contributed by atoms with E-state index in [0.29, 0.717) is 0 Å². The summed E-state index contributed by atoms with van der Waals surface area (Å²) in [6, 6.07) is 9.00. The number of aryl methyl sites for hydroxylation is 1. The summed E-state index contributed by atoms with van der Waals surface area (Å²) >= 11 is 0. The van der Waals surface area contributed by atoms with Gasteiger partial charge in [0.2, 0.25) is 0 Å². The smallest absolute Gasteiger partial charge is 0.0398 e. The van der Waals surface area contributed by atoms with Gasteiger partial charge in [-0.1, -0.05) is 102 Å². The second-order valence-corrected chi connectivity index (χ2v) is 7.79. The summed E-state index contributed by atoms with van der Waals surface area (Å²) in [5.41, 5.74) is 3.00. The maximum Gasteiger partial charge on any atom is 0.0398 e. The van der Waals surface area contributed by atoms with Crippen molar-refractivity contribution in [1.29, 1.82) is 0 Å². The van der Waals surface area contributed by atoms with E-state index < -0.39 is 0 Å². The fourth-order valence-electron chi connectivity index (χ4n) is 3.93. The summed E-state index contributed by atoms with van der Waals surface area (Å²) < 4.78 is 0. The molecule has 0 spiro atoms. The molecular formula is C25H45N. The molecule has 0 amide bonds. The first-order valence-electron chi connectivity index (χ1n) is 11.7. The van der Waals surface area contributed by atoms with Gasteiger partial charge >= 0.3 is 0 Å². The molecule has 0 heterocycles. The maximum absolute atomic E-state index is 2.48. The second kappa shape index (κ2) is 16.2. The number of benzene rings is 1. The van der Waals surface area contributed by atoms with Crippen LogP contribution in [0.1, 0.15) is 110 Å². The van der Waals surface area contributed by atoms with Crippen LogP contribution in [0, 0.1) is 0 Å². The van der Waals surface area contributed by atoms with Gasteiger partial charge in [0.15, 0.2) is 0 Å². The molecule has 0 aliphatic carbocycles. The molecule has 0 N–H and O–H groups in total. The van der Waals surface area contributed by atoms with Gasteiger partial charge in [-0.15, -0.1) is 0 Å². The average Bonchev–Trinajstić information content (AvgIpc) is 2.67. The molecule has 0 saturated heterocycles. The van der Waals surface area contributed by atoms with Crippen molar-refractivity contribution < 1.29 is 0 Å². The highest BCUT2D eigenvalue weighted by Gasteiger charge is 2.07. The third kappa shape index (κ3) is 10.2. The van der Waals surface area contributed by atoms with Crippen molar-refractivity contribution in [3.8, 4) is 0 Å². The molecule has 0 saturated carbocycles. The number of unbranched alkanes of at least 4 members (excludes halogenated alkanes) is 12. The van der Waals surface area contributed by atoms with Crippen molar-refractivity contribution in [2.45, 2.75) is 111 Å². The highest BCUT2D eigenvalue weighted by molar-refractivity contribution is 5.53. The highest BCUT2D eigenvalue weighted by Crippen LogP contribution is 2.22. The molecule has 0 aliphatic rings. The maximum atomic E-state index is 2.48. The Bertz CT molecular complexity index is 422. The zero-order valence-corrected chi connectivity index (χ0v) is 18.1. The zero-order chi connectivity index (χ0) is 18.9. The predicted molar refractivity (Wildman–Crippen MR) is 119 cm³/mol. The van der Waals surface area contributed by atoms with E-state index in [4.69, 9.17) is 0 Å². The van der Waals surface area contributed by atoms with Gasteiger partial charge in [0.05, 0.1) is 0 Å². The number of hydrogen-bond acceptors (Lipinski definition) is 1. The van der Waals surface area contributed by atoms with Crippen LogP contribution in [0.3, 0.4) is 0 Å². The molecule has 1 aromatic carbocycles. The summed E-state index contributed by atoms with van der Waals surface area (Å²) in [5.74, 6) is 0. The van der Waals surface area contributed by atoms with Gasteiger partial charge in [0.25, 0.3) is 0 Å². The van der Waals surface area contributed by atoms with Gasteiger partial charge < -0.3 is 4.90 Å². The number of nitrogens with zero attached hydrogens (tertiary/aromatic N) is 1. The first-order chi connectivity index (χ1) is 12.8. The van der Waals surface area contributed by atoms with Crippen molar-refractivity contribution in [2.24, 2.45) is 0 Å². The summed E-state index contributed by atoms with van der Waals surface area (Å²) in [7, 11) is 0. The van der Waals surface area contributed by atoms with Gasteiger partial charge in [-0.25, -0.2) is 0 Å². The summed E-state index contributed by atoms with van der Waals surface area (Å²) in [4.78, 5) is 2.48. The minimum absolute atomic E-state index is 1.10. The zero-order valence-electron chi connectivity index (χ0n) is 18.1. The van der Waals surface area contributed by atoms with Crippen molar-refractivity contribution in [1.82, 2.24) is 0 Å². The third-order valence-corrected chi connectivity index (χ3v) is 5.65.